The Labute approximate surface area is 147 Å². The molecule has 2 aliphatic heterocycles. The Morgan fingerprint density at radius 1 is 1.24 bits per heavy atom. The molecule has 136 valence electrons. The molecule has 0 bridgehead atoms. The summed E-state index contributed by atoms with van der Waals surface area (Å²) in [7, 11) is 0. The van der Waals surface area contributed by atoms with Gasteiger partial charge >= 0.3 is 5.97 Å². The number of fused-ring (bicyclic) bond motifs is 1. The molecular formula is C18H24N2O5. The third-order valence-corrected chi connectivity index (χ3v) is 4.87. The minimum atomic E-state index is -0.803. The van der Waals surface area contributed by atoms with Gasteiger partial charge in [-0.3, -0.25) is 14.5 Å². The molecule has 0 aliphatic carbocycles. The van der Waals surface area contributed by atoms with Crippen molar-refractivity contribution in [2.24, 2.45) is 0 Å². The Bertz CT molecular complexity index is 640. The first-order valence-electron chi connectivity index (χ1n) is 8.69. The number of amides is 1. The van der Waals surface area contributed by atoms with Gasteiger partial charge in [-0.15, -0.1) is 0 Å². The van der Waals surface area contributed by atoms with Gasteiger partial charge in [0.2, 0.25) is 12.7 Å². The summed E-state index contributed by atoms with van der Waals surface area (Å²) < 4.78 is 10.6. The minimum absolute atomic E-state index is 0.0618. The van der Waals surface area contributed by atoms with Crippen molar-refractivity contribution >= 4 is 11.9 Å². The van der Waals surface area contributed by atoms with Crippen molar-refractivity contribution < 1.29 is 24.2 Å². The van der Waals surface area contributed by atoms with Crippen LogP contribution in [0.2, 0.25) is 0 Å². The van der Waals surface area contributed by atoms with Crippen molar-refractivity contribution in [2.45, 2.75) is 32.2 Å². The molecule has 2 aliphatic rings. The lowest BCUT2D eigenvalue weighted by atomic mass is 10.0. The molecule has 1 saturated heterocycles. The van der Waals surface area contributed by atoms with E-state index < -0.39 is 5.97 Å². The Kier molecular flexibility index (Phi) is 5.43. The molecule has 25 heavy (non-hydrogen) atoms. The highest BCUT2D eigenvalue weighted by molar-refractivity contribution is 5.79. The maximum absolute atomic E-state index is 12.5. The smallest absolute Gasteiger partial charge is 0.317 e. The lowest BCUT2D eigenvalue weighted by Gasteiger charge is -2.37. The Hall–Kier alpha value is -2.28. The number of carbonyl (C=O) groups excluding carboxylic acids is 1. The van der Waals surface area contributed by atoms with Gasteiger partial charge in [0.05, 0.1) is 13.0 Å². The van der Waals surface area contributed by atoms with E-state index in [1.807, 2.05) is 34.9 Å². The highest BCUT2D eigenvalue weighted by Gasteiger charge is 2.27. The van der Waals surface area contributed by atoms with E-state index in [2.05, 4.69) is 0 Å². The molecule has 0 aromatic heterocycles. The van der Waals surface area contributed by atoms with Crippen LogP contribution < -0.4 is 9.47 Å². The van der Waals surface area contributed by atoms with Crippen molar-refractivity contribution in [1.29, 1.82) is 0 Å². The monoisotopic (exact) mass is 348 g/mol. The van der Waals surface area contributed by atoms with Crippen LogP contribution in [0.4, 0.5) is 0 Å². The van der Waals surface area contributed by atoms with E-state index in [9.17, 15) is 9.59 Å². The molecule has 0 atom stereocenters. The number of carboxylic acid groups (broad SMARTS) is 1. The number of aliphatic carboxylic acids is 1. The summed E-state index contributed by atoms with van der Waals surface area (Å²) in [5.41, 5.74) is 0.914. The van der Waals surface area contributed by atoms with Crippen LogP contribution in [-0.2, 0) is 16.0 Å². The second kappa shape index (κ2) is 7.74. The lowest BCUT2D eigenvalue weighted by Crippen LogP contribution is -2.48. The molecular weight excluding hydrogens is 324 g/mol. The summed E-state index contributed by atoms with van der Waals surface area (Å²) in [4.78, 5) is 27.3. The number of ether oxygens (including phenoxy) is 2. The van der Waals surface area contributed by atoms with Crippen LogP contribution in [0.1, 0.15) is 25.3 Å². The Balaban J connectivity index is 1.52. The third kappa shape index (κ3) is 4.22. The molecule has 1 amide bonds. The summed E-state index contributed by atoms with van der Waals surface area (Å²) >= 11 is 0. The molecule has 0 unspecified atom stereocenters. The predicted molar refractivity (Wildman–Crippen MR) is 90.8 cm³/mol. The van der Waals surface area contributed by atoms with E-state index in [-0.39, 0.29) is 25.3 Å². The van der Waals surface area contributed by atoms with Gasteiger partial charge in [-0.2, -0.15) is 0 Å². The van der Waals surface area contributed by atoms with E-state index in [1.54, 1.807) is 0 Å². The Morgan fingerprint density at radius 2 is 1.96 bits per heavy atom. The van der Waals surface area contributed by atoms with Gasteiger partial charge in [0, 0.05) is 19.1 Å². The second-order valence-electron chi connectivity index (χ2n) is 6.43. The van der Waals surface area contributed by atoms with Gasteiger partial charge in [0.1, 0.15) is 0 Å². The van der Waals surface area contributed by atoms with Gasteiger partial charge in [-0.25, -0.2) is 0 Å². The van der Waals surface area contributed by atoms with E-state index in [0.29, 0.717) is 31.8 Å². The van der Waals surface area contributed by atoms with Gasteiger partial charge in [-0.05, 0) is 37.1 Å². The average molecular weight is 348 g/mol. The molecule has 7 nitrogen and oxygen atoms in total. The zero-order valence-corrected chi connectivity index (χ0v) is 14.4. The first-order chi connectivity index (χ1) is 12.1. The molecule has 0 radical (unpaired) electrons. The average Bonchev–Trinajstić information content (AvgIpc) is 3.07. The summed E-state index contributed by atoms with van der Waals surface area (Å²) in [6.07, 6.45) is 1.97. The number of nitrogens with zero attached hydrogens (tertiary/aromatic N) is 2. The van der Waals surface area contributed by atoms with Crippen molar-refractivity contribution in [3.05, 3.63) is 23.8 Å². The van der Waals surface area contributed by atoms with Crippen LogP contribution in [0.25, 0.3) is 0 Å². The van der Waals surface area contributed by atoms with Crippen molar-refractivity contribution in [3.63, 3.8) is 0 Å². The normalized spacial score (nSPS) is 17.1. The molecule has 1 N–H and O–H groups in total. The molecule has 7 heteroatoms. The zero-order valence-electron chi connectivity index (χ0n) is 14.4. The number of likely N-dealkylation sites (N-methyl/N-ethyl adjacent to an activating group) is 1. The number of benzene rings is 1. The fourth-order valence-corrected chi connectivity index (χ4v) is 3.49. The topological polar surface area (TPSA) is 79.3 Å². The fourth-order valence-electron chi connectivity index (χ4n) is 3.49. The van der Waals surface area contributed by atoms with E-state index in [4.69, 9.17) is 14.6 Å². The van der Waals surface area contributed by atoms with Crippen molar-refractivity contribution in [3.8, 4) is 11.5 Å². The molecule has 0 saturated carbocycles. The predicted octanol–water partition coefficient (Wildman–Crippen LogP) is 1.36. The Morgan fingerprint density at radius 3 is 2.64 bits per heavy atom. The first-order valence-corrected chi connectivity index (χ1v) is 8.69. The van der Waals surface area contributed by atoms with Crippen LogP contribution in [0.3, 0.4) is 0 Å². The summed E-state index contributed by atoms with van der Waals surface area (Å²) in [5.74, 6) is 0.702. The maximum Gasteiger partial charge on any atom is 0.317 e. The number of hydrogen-bond donors (Lipinski definition) is 1. The van der Waals surface area contributed by atoms with Crippen LogP contribution in [-0.4, -0.2) is 65.8 Å². The number of hydrogen-bond acceptors (Lipinski definition) is 5. The van der Waals surface area contributed by atoms with Gasteiger partial charge in [0.25, 0.3) is 0 Å². The molecule has 1 aromatic carbocycles. The summed E-state index contributed by atoms with van der Waals surface area (Å²) in [5, 5.41) is 8.99. The van der Waals surface area contributed by atoms with E-state index >= 15 is 0 Å². The lowest BCUT2D eigenvalue weighted by molar-refractivity contribution is -0.140. The van der Waals surface area contributed by atoms with E-state index in [0.717, 1.165) is 24.2 Å². The molecule has 2 heterocycles. The number of carboxylic acids is 1. The van der Waals surface area contributed by atoms with Crippen LogP contribution in [0.15, 0.2) is 18.2 Å². The van der Waals surface area contributed by atoms with Crippen molar-refractivity contribution in [1.82, 2.24) is 9.80 Å². The minimum Gasteiger partial charge on any atom is -0.480 e. The largest absolute Gasteiger partial charge is 0.480 e. The number of likely N-dealkylation sites (tertiary alicyclic amines) is 1. The molecule has 1 fully saturated rings. The maximum atomic E-state index is 12.5. The molecule has 3 rings (SSSR count). The fraction of sp³-hybridized carbons (Fsp3) is 0.556. The van der Waals surface area contributed by atoms with Crippen molar-refractivity contribution in [2.75, 3.05) is 33.0 Å². The highest BCUT2D eigenvalue weighted by Crippen LogP contribution is 2.32. The van der Waals surface area contributed by atoms with Crippen LogP contribution in [0, 0.1) is 0 Å². The third-order valence-electron chi connectivity index (χ3n) is 4.87. The zero-order chi connectivity index (χ0) is 17.8. The van der Waals surface area contributed by atoms with E-state index in [1.165, 1.54) is 0 Å². The van der Waals surface area contributed by atoms with Gasteiger partial charge < -0.3 is 19.5 Å². The van der Waals surface area contributed by atoms with Gasteiger partial charge in [0.15, 0.2) is 11.5 Å². The number of piperidine rings is 1. The van der Waals surface area contributed by atoms with Gasteiger partial charge in [-0.1, -0.05) is 13.0 Å². The SMILES string of the molecule is CCN(CC(=O)O)C1CCN(C(=O)Cc2ccc3c(c2)OCO3)CC1. The second-order valence-corrected chi connectivity index (χ2v) is 6.43. The standard InChI is InChI=1S/C18H24N2O5/c1-2-19(11-18(22)23)14-5-7-20(8-6-14)17(21)10-13-3-4-15-16(9-13)25-12-24-15/h3-4,9,14H,2,5-8,10-12H2,1H3,(H,22,23). The summed E-state index contributed by atoms with van der Waals surface area (Å²) in [6, 6.07) is 5.82. The summed E-state index contributed by atoms with van der Waals surface area (Å²) in [6.45, 7) is 4.31. The number of rotatable bonds is 6. The van der Waals surface area contributed by atoms with Crippen LogP contribution in [0.5, 0.6) is 11.5 Å². The highest BCUT2D eigenvalue weighted by atomic mass is 16.7. The number of carbonyl (C=O) groups is 2. The first kappa shape index (κ1) is 17.5. The quantitative estimate of drug-likeness (QED) is 0.836. The molecule has 0 spiro atoms. The van der Waals surface area contributed by atoms with Crippen LogP contribution >= 0.6 is 0 Å². The molecule has 1 aromatic rings.